The summed E-state index contributed by atoms with van der Waals surface area (Å²) in [6.45, 7) is 2.73. The molecule has 6 heteroatoms. The molecular weight excluding hydrogens is 309 g/mol. The van der Waals surface area contributed by atoms with Crippen LogP contribution >= 0.6 is 0 Å². The van der Waals surface area contributed by atoms with Gasteiger partial charge in [0.2, 0.25) is 5.91 Å². The normalized spacial score (nSPS) is 12.1. The molecule has 0 aliphatic heterocycles. The van der Waals surface area contributed by atoms with Crippen molar-refractivity contribution in [3.05, 3.63) is 53.9 Å². The number of aromatic nitrogens is 2. The summed E-state index contributed by atoms with van der Waals surface area (Å²) in [5.41, 5.74) is 0.785. The second-order valence-electron chi connectivity index (χ2n) is 5.69. The molecule has 2 aromatic rings. The molecule has 0 aliphatic carbocycles. The number of rotatable bonds is 9. The largest absolute Gasteiger partial charge is 0.372 e. The summed E-state index contributed by atoms with van der Waals surface area (Å²) in [5.74, 6) is 0.172. The first-order chi connectivity index (χ1) is 11.6. The van der Waals surface area contributed by atoms with Gasteiger partial charge in [0.1, 0.15) is 24.3 Å². The van der Waals surface area contributed by atoms with Gasteiger partial charge in [-0.3, -0.25) is 4.79 Å². The highest BCUT2D eigenvalue weighted by atomic mass is 19.1. The SMILES string of the molecule is CCCCCOCC(=O)N(C)C(c1ccc(F)cc1)c1ncc[nH]1. The van der Waals surface area contributed by atoms with E-state index < -0.39 is 6.04 Å². The Morgan fingerprint density at radius 2 is 2.08 bits per heavy atom. The van der Waals surface area contributed by atoms with E-state index in [9.17, 15) is 9.18 Å². The number of hydrogen-bond acceptors (Lipinski definition) is 3. The van der Waals surface area contributed by atoms with E-state index in [2.05, 4.69) is 16.9 Å². The van der Waals surface area contributed by atoms with Gasteiger partial charge in [0.15, 0.2) is 0 Å². The summed E-state index contributed by atoms with van der Waals surface area (Å²) in [6.07, 6.45) is 6.49. The minimum atomic E-state index is -0.410. The van der Waals surface area contributed by atoms with Crippen molar-refractivity contribution in [2.75, 3.05) is 20.3 Å². The van der Waals surface area contributed by atoms with Crippen LogP contribution in [-0.4, -0.2) is 41.0 Å². The number of ether oxygens (including phenoxy) is 1. The average Bonchev–Trinajstić information content (AvgIpc) is 3.10. The predicted octanol–water partition coefficient (Wildman–Crippen LogP) is 3.30. The van der Waals surface area contributed by atoms with E-state index in [0.717, 1.165) is 24.8 Å². The van der Waals surface area contributed by atoms with Crippen LogP contribution in [0.4, 0.5) is 4.39 Å². The highest BCUT2D eigenvalue weighted by Crippen LogP contribution is 2.25. The zero-order valence-electron chi connectivity index (χ0n) is 14.2. The summed E-state index contributed by atoms with van der Waals surface area (Å²) < 4.78 is 18.7. The third-order valence-electron chi connectivity index (χ3n) is 3.86. The van der Waals surface area contributed by atoms with Crippen LogP contribution in [0.2, 0.25) is 0 Å². The molecule has 1 aromatic carbocycles. The zero-order valence-corrected chi connectivity index (χ0v) is 14.2. The molecule has 0 bridgehead atoms. The lowest BCUT2D eigenvalue weighted by Gasteiger charge is -2.27. The summed E-state index contributed by atoms with van der Waals surface area (Å²) in [5, 5.41) is 0. The van der Waals surface area contributed by atoms with E-state index in [4.69, 9.17) is 4.74 Å². The second-order valence-corrected chi connectivity index (χ2v) is 5.69. The van der Waals surface area contributed by atoms with Gasteiger partial charge >= 0.3 is 0 Å². The monoisotopic (exact) mass is 333 g/mol. The van der Waals surface area contributed by atoms with Gasteiger partial charge in [-0.05, 0) is 24.1 Å². The maximum atomic E-state index is 13.2. The van der Waals surface area contributed by atoms with E-state index in [0.29, 0.717) is 12.4 Å². The smallest absolute Gasteiger partial charge is 0.249 e. The third-order valence-corrected chi connectivity index (χ3v) is 3.86. The first-order valence-corrected chi connectivity index (χ1v) is 8.21. The number of hydrogen-bond donors (Lipinski definition) is 1. The molecule has 130 valence electrons. The Balaban J connectivity index is 2.06. The molecule has 0 saturated heterocycles. The van der Waals surface area contributed by atoms with Crippen LogP contribution in [0.5, 0.6) is 0 Å². The Kier molecular flexibility index (Phi) is 6.93. The number of H-pyrrole nitrogens is 1. The van der Waals surface area contributed by atoms with Gasteiger partial charge in [-0.25, -0.2) is 9.37 Å². The Labute approximate surface area is 141 Å². The van der Waals surface area contributed by atoms with Crippen LogP contribution in [-0.2, 0) is 9.53 Å². The van der Waals surface area contributed by atoms with Crippen LogP contribution in [0.25, 0.3) is 0 Å². The molecular formula is C18H24FN3O2. The van der Waals surface area contributed by atoms with E-state index in [-0.39, 0.29) is 18.3 Å². The highest BCUT2D eigenvalue weighted by Gasteiger charge is 2.25. The number of nitrogens with one attached hydrogen (secondary N) is 1. The zero-order chi connectivity index (χ0) is 17.4. The Morgan fingerprint density at radius 3 is 2.71 bits per heavy atom. The number of imidazole rings is 1. The Hall–Kier alpha value is -2.21. The minimum absolute atomic E-state index is 0.0264. The molecule has 1 atom stereocenters. The summed E-state index contributed by atoms with van der Waals surface area (Å²) in [7, 11) is 1.70. The van der Waals surface area contributed by atoms with Crippen LogP contribution in [0, 0.1) is 5.82 Å². The summed E-state index contributed by atoms with van der Waals surface area (Å²) in [6, 6.07) is 5.67. The molecule has 0 spiro atoms. The number of likely N-dealkylation sites (N-methyl/N-ethyl adjacent to an activating group) is 1. The van der Waals surface area contributed by atoms with Gasteiger partial charge in [-0.15, -0.1) is 0 Å². The predicted molar refractivity (Wildman–Crippen MR) is 89.9 cm³/mol. The summed E-state index contributed by atoms with van der Waals surface area (Å²) >= 11 is 0. The van der Waals surface area contributed by atoms with Crippen molar-refractivity contribution >= 4 is 5.91 Å². The number of benzene rings is 1. The average molecular weight is 333 g/mol. The quantitative estimate of drug-likeness (QED) is 0.716. The van der Waals surface area contributed by atoms with E-state index in [1.807, 2.05) is 0 Å². The molecule has 1 unspecified atom stereocenters. The lowest BCUT2D eigenvalue weighted by Crippen LogP contribution is -2.35. The number of aromatic amines is 1. The molecule has 0 saturated carbocycles. The minimum Gasteiger partial charge on any atom is -0.372 e. The van der Waals surface area contributed by atoms with Crippen molar-refractivity contribution in [2.45, 2.75) is 32.2 Å². The Bertz CT molecular complexity index is 614. The van der Waals surface area contributed by atoms with Crippen LogP contribution in [0.15, 0.2) is 36.7 Å². The molecule has 0 aliphatic rings. The van der Waals surface area contributed by atoms with Gasteiger partial charge in [0.25, 0.3) is 0 Å². The first-order valence-electron chi connectivity index (χ1n) is 8.21. The van der Waals surface area contributed by atoms with E-state index in [1.165, 1.54) is 12.1 Å². The van der Waals surface area contributed by atoms with Crippen LogP contribution in [0.1, 0.15) is 43.6 Å². The van der Waals surface area contributed by atoms with Crippen LogP contribution < -0.4 is 0 Å². The van der Waals surface area contributed by atoms with Crippen molar-refractivity contribution in [3.8, 4) is 0 Å². The molecule has 1 heterocycles. The molecule has 5 nitrogen and oxygen atoms in total. The summed E-state index contributed by atoms with van der Waals surface area (Å²) in [4.78, 5) is 21.3. The topological polar surface area (TPSA) is 58.2 Å². The van der Waals surface area contributed by atoms with Crippen molar-refractivity contribution < 1.29 is 13.9 Å². The maximum absolute atomic E-state index is 13.2. The van der Waals surface area contributed by atoms with Crippen molar-refractivity contribution in [1.29, 1.82) is 0 Å². The number of halogens is 1. The first kappa shape index (κ1) is 18.1. The molecule has 0 fully saturated rings. The van der Waals surface area contributed by atoms with E-state index in [1.54, 1.807) is 36.5 Å². The Morgan fingerprint density at radius 1 is 1.33 bits per heavy atom. The fraction of sp³-hybridized carbons (Fsp3) is 0.444. The number of carbonyl (C=O) groups is 1. The number of carbonyl (C=O) groups excluding carboxylic acids is 1. The van der Waals surface area contributed by atoms with Gasteiger partial charge in [-0.2, -0.15) is 0 Å². The fourth-order valence-corrected chi connectivity index (χ4v) is 2.50. The van der Waals surface area contributed by atoms with Gasteiger partial charge in [0.05, 0.1) is 0 Å². The second kappa shape index (κ2) is 9.17. The molecule has 0 radical (unpaired) electrons. The number of nitrogens with zero attached hydrogens (tertiary/aromatic N) is 2. The third kappa shape index (κ3) is 4.89. The van der Waals surface area contributed by atoms with Crippen molar-refractivity contribution in [2.24, 2.45) is 0 Å². The fourth-order valence-electron chi connectivity index (χ4n) is 2.50. The van der Waals surface area contributed by atoms with Crippen molar-refractivity contribution in [3.63, 3.8) is 0 Å². The lowest BCUT2D eigenvalue weighted by molar-refractivity contribution is -0.136. The number of unbranched alkanes of at least 4 members (excludes halogenated alkanes) is 2. The van der Waals surface area contributed by atoms with Gasteiger partial charge < -0.3 is 14.6 Å². The van der Waals surface area contributed by atoms with Gasteiger partial charge in [0, 0.05) is 26.0 Å². The maximum Gasteiger partial charge on any atom is 0.249 e. The molecule has 2 rings (SSSR count). The molecule has 1 amide bonds. The molecule has 24 heavy (non-hydrogen) atoms. The molecule has 1 N–H and O–H groups in total. The standard InChI is InChI=1S/C18H24FN3O2/c1-3-4-5-12-24-13-16(23)22(2)17(18-20-10-11-21-18)14-6-8-15(19)9-7-14/h6-11,17H,3-5,12-13H2,1-2H3,(H,20,21). The number of amides is 1. The highest BCUT2D eigenvalue weighted by molar-refractivity contribution is 5.78. The molecule has 1 aromatic heterocycles. The van der Waals surface area contributed by atoms with Crippen LogP contribution in [0.3, 0.4) is 0 Å². The lowest BCUT2D eigenvalue weighted by atomic mass is 10.0. The van der Waals surface area contributed by atoms with Gasteiger partial charge in [-0.1, -0.05) is 31.9 Å². The van der Waals surface area contributed by atoms with Crippen molar-refractivity contribution in [1.82, 2.24) is 14.9 Å². The van der Waals surface area contributed by atoms with E-state index >= 15 is 0 Å².